The lowest BCUT2D eigenvalue weighted by molar-refractivity contribution is 0.139. The van der Waals surface area contributed by atoms with Gasteiger partial charge in [-0.25, -0.2) is 0 Å². The highest BCUT2D eigenvalue weighted by Crippen LogP contribution is 2.36. The summed E-state index contributed by atoms with van der Waals surface area (Å²) in [6.07, 6.45) is 6.41. The molecule has 0 aromatic heterocycles. The minimum atomic E-state index is -1.23. The molecule has 17 heavy (non-hydrogen) atoms. The SMILES string of the molecule is NP(OCc1ccccc1)OC1CCCCC1. The van der Waals surface area contributed by atoms with Gasteiger partial charge in [0.25, 0.3) is 8.53 Å². The molecule has 1 aromatic carbocycles. The standard InChI is InChI=1S/C13H20NO2P/c14-17(16-13-9-5-2-6-10-13)15-11-12-7-3-1-4-8-12/h1,3-4,7-8,13H,2,5-6,9-11,14H2. The molecule has 1 aromatic rings. The molecule has 0 saturated heterocycles. The summed E-state index contributed by atoms with van der Waals surface area (Å²) in [5.74, 6) is 0. The molecule has 1 aliphatic carbocycles. The minimum absolute atomic E-state index is 0.315. The van der Waals surface area contributed by atoms with E-state index in [1.54, 1.807) is 0 Å². The van der Waals surface area contributed by atoms with Gasteiger partial charge in [0.05, 0.1) is 12.7 Å². The van der Waals surface area contributed by atoms with Crippen LogP contribution in [0.1, 0.15) is 37.7 Å². The zero-order valence-corrected chi connectivity index (χ0v) is 10.9. The molecule has 0 radical (unpaired) electrons. The first-order chi connectivity index (χ1) is 8.34. The quantitative estimate of drug-likeness (QED) is 0.813. The van der Waals surface area contributed by atoms with Gasteiger partial charge in [-0.1, -0.05) is 49.6 Å². The average molecular weight is 253 g/mol. The van der Waals surface area contributed by atoms with Gasteiger partial charge in [0.2, 0.25) is 0 Å². The first-order valence-corrected chi connectivity index (χ1v) is 7.48. The summed E-state index contributed by atoms with van der Waals surface area (Å²) in [5, 5.41) is 0. The molecular weight excluding hydrogens is 233 g/mol. The Labute approximate surface area is 104 Å². The Morgan fingerprint density at radius 3 is 2.53 bits per heavy atom. The third-order valence-corrected chi connectivity index (χ3v) is 3.90. The average Bonchev–Trinajstić information content (AvgIpc) is 2.39. The summed E-state index contributed by atoms with van der Waals surface area (Å²) < 4.78 is 11.3. The Balaban J connectivity index is 1.68. The Bertz CT molecular complexity index is 314. The topological polar surface area (TPSA) is 44.5 Å². The predicted octanol–water partition coefficient (Wildman–Crippen LogP) is 3.74. The molecule has 4 heteroatoms. The molecule has 3 nitrogen and oxygen atoms in total. The second kappa shape index (κ2) is 7.07. The summed E-state index contributed by atoms with van der Waals surface area (Å²) in [5.41, 5.74) is 7.01. The van der Waals surface area contributed by atoms with Crippen LogP contribution >= 0.6 is 8.53 Å². The van der Waals surface area contributed by atoms with Crippen LogP contribution in [0.25, 0.3) is 0 Å². The maximum Gasteiger partial charge on any atom is 0.253 e. The highest BCUT2D eigenvalue weighted by atomic mass is 31.2. The van der Waals surface area contributed by atoms with Crippen LogP contribution in [0, 0.1) is 0 Å². The Morgan fingerprint density at radius 1 is 1.12 bits per heavy atom. The highest BCUT2D eigenvalue weighted by molar-refractivity contribution is 7.44. The number of rotatable bonds is 5. The number of nitrogens with two attached hydrogens (primary N) is 1. The van der Waals surface area contributed by atoms with Crippen LogP contribution in [-0.2, 0) is 15.7 Å². The van der Waals surface area contributed by atoms with Gasteiger partial charge in [-0.05, 0) is 18.4 Å². The normalized spacial score (nSPS) is 19.1. The largest absolute Gasteiger partial charge is 0.319 e. The summed E-state index contributed by atoms with van der Waals surface area (Å²) in [6, 6.07) is 10.1. The molecule has 1 fully saturated rings. The van der Waals surface area contributed by atoms with E-state index in [9.17, 15) is 0 Å². The van der Waals surface area contributed by atoms with Crippen LogP contribution in [-0.4, -0.2) is 6.10 Å². The van der Waals surface area contributed by atoms with Crippen molar-refractivity contribution in [3.8, 4) is 0 Å². The second-order valence-electron chi connectivity index (χ2n) is 4.41. The fourth-order valence-electron chi connectivity index (χ4n) is 2.06. The van der Waals surface area contributed by atoms with Gasteiger partial charge in [-0.15, -0.1) is 0 Å². The van der Waals surface area contributed by atoms with E-state index < -0.39 is 8.53 Å². The second-order valence-corrected chi connectivity index (χ2v) is 5.45. The van der Waals surface area contributed by atoms with Crippen LogP contribution in [0.4, 0.5) is 0 Å². The lowest BCUT2D eigenvalue weighted by atomic mass is 9.98. The molecule has 1 aliphatic rings. The fraction of sp³-hybridized carbons (Fsp3) is 0.538. The molecular formula is C13H20NO2P. The molecule has 0 bridgehead atoms. The summed E-state index contributed by atoms with van der Waals surface area (Å²) in [7, 11) is -1.23. The van der Waals surface area contributed by atoms with Gasteiger partial charge in [-0.2, -0.15) is 0 Å². The molecule has 0 aliphatic heterocycles. The first kappa shape index (κ1) is 13.0. The van der Waals surface area contributed by atoms with Gasteiger partial charge < -0.3 is 9.05 Å². The Morgan fingerprint density at radius 2 is 1.82 bits per heavy atom. The molecule has 2 N–H and O–H groups in total. The van der Waals surface area contributed by atoms with Crippen molar-refractivity contribution < 1.29 is 9.05 Å². The van der Waals surface area contributed by atoms with E-state index in [2.05, 4.69) is 0 Å². The van der Waals surface area contributed by atoms with E-state index in [-0.39, 0.29) is 0 Å². The van der Waals surface area contributed by atoms with E-state index in [4.69, 9.17) is 14.6 Å². The smallest absolute Gasteiger partial charge is 0.253 e. The van der Waals surface area contributed by atoms with E-state index in [1.165, 1.54) is 19.3 Å². The number of hydrogen-bond acceptors (Lipinski definition) is 3. The van der Waals surface area contributed by atoms with Crippen LogP contribution in [0.3, 0.4) is 0 Å². The van der Waals surface area contributed by atoms with Crippen LogP contribution in [0.15, 0.2) is 30.3 Å². The predicted molar refractivity (Wildman–Crippen MR) is 70.3 cm³/mol. The Hall–Kier alpha value is -0.470. The summed E-state index contributed by atoms with van der Waals surface area (Å²) in [6.45, 7) is 0.537. The van der Waals surface area contributed by atoms with Gasteiger partial charge in [-0.3, -0.25) is 5.50 Å². The molecule has 1 unspecified atom stereocenters. The lowest BCUT2D eigenvalue weighted by Crippen LogP contribution is -2.16. The molecule has 0 heterocycles. The van der Waals surface area contributed by atoms with E-state index in [0.29, 0.717) is 12.7 Å². The molecule has 1 atom stereocenters. The number of benzene rings is 1. The van der Waals surface area contributed by atoms with Gasteiger partial charge in [0.1, 0.15) is 0 Å². The van der Waals surface area contributed by atoms with Gasteiger partial charge in [0.15, 0.2) is 0 Å². The zero-order valence-electron chi connectivity index (χ0n) is 10.0. The maximum absolute atomic E-state index is 5.87. The van der Waals surface area contributed by atoms with Crippen LogP contribution in [0.5, 0.6) is 0 Å². The van der Waals surface area contributed by atoms with Crippen molar-refractivity contribution >= 4 is 8.53 Å². The number of hydrogen-bond donors (Lipinski definition) is 1. The third-order valence-electron chi connectivity index (χ3n) is 3.01. The lowest BCUT2D eigenvalue weighted by Gasteiger charge is -2.24. The van der Waals surface area contributed by atoms with Gasteiger partial charge >= 0.3 is 0 Å². The van der Waals surface area contributed by atoms with Crippen molar-refractivity contribution in [1.29, 1.82) is 0 Å². The first-order valence-electron chi connectivity index (χ1n) is 6.23. The molecule has 2 rings (SSSR count). The van der Waals surface area contributed by atoms with E-state index in [1.807, 2.05) is 30.3 Å². The van der Waals surface area contributed by atoms with Crippen molar-refractivity contribution in [1.82, 2.24) is 0 Å². The molecule has 94 valence electrons. The van der Waals surface area contributed by atoms with Crippen LogP contribution in [0.2, 0.25) is 0 Å². The third kappa shape index (κ3) is 4.72. The molecule has 0 spiro atoms. The van der Waals surface area contributed by atoms with Gasteiger partial charge in [0, 0.05) is 0 Å². The van der Waals surface area contributed by atoms with E-state index in [0.717, 1.165) is 18.4 Å². The van der Waals surface area contributed by atoms with Crippen LogP contribution < -0.4 is 5.50 Å². The van der Waals surface area contributed by atoms with Crippen molar-refractivity contribution in [2.45, 2.75) is 44.8 Å². The maximum atomic E-state index is 5.87. The van der Waals surface area contributed by atoms with Crippen molar-refractivity contribution in [3.63, 3.8) is 0 Å². The van der Waals surface area contributed by atoms with Crippen molar-refractivity contribution in [2.75, 3.05) is 0 Å². The Kier molecular flexibility index (Phi) is 5.40. The molecule has 0 amide bonds. The highest BCUT2D eigenvalue weighted by Gasteiger charge is 2.17. The van der Waals surface area contributed by atoms with Crippen molar-refractivity contribution in [3.05, 3.63) is 35.9 Å². The summed E-state index contributed by atoms with van der Waals surface area (Å²) in [4.78, 5) is 0. The fourth-order valence-corrected chi connectivity index (χ4v) is 2.90. The monoisotopic (exact) mass is 253 g/mol. The van der Waals surface area contributed by atoms with E-state index >= 15 is 0 Å². The minimum Gasteiger partial charge on any atom is -0.319 e. The molecule has 1 saturated carbocycles. The zero-order chi connectivity index (χ0) is 11.9. The summed E-state index contributed by atoms with van der Waals surface area (Å²) >= 11 is 0. The van der Waals surface area contributed by atoms with Crippen molar-refractivity contribution in [2.24, 2.45) is 5.50 Å².